The van der Waals surface area contributed by atoms with Gasteiger partial charge >= 0.3 is 0 Å². The lowest BCUT2D eigenvalue weighted by Crippen LogP contribution is -2.28. The van der Waals surface area contributed by atoms with Gasteiger partial charge in [0.05, 0.1) is 0 Å². The lowest BCUT2D eigenvalue weighted by Gasteiger charge is -2.32. The molecule has 0 aliphatic carbocycles. The molecule has 47 heavy (non-hydrogen) atoms. The van der Waals surface area contributed by atoms with Gasteiger partial charge in [-0.3, -0.25) is 0 Å². The van der Waals surface area contributed by atoms with Crippen LogP contribution in [0.15, 0.2) is 60.7 Å². The maximum Gasteiger partial charge on any atom is 0.231 e. The van der Waals surface area contributed by atoms with Crippen LogP contribution in [-0.2, 0) is 21.7 Å². The predicted molar refractivity (Wildman–Crippen MR) is 196 cm³/mol. The van der Waals surface area contributed by atoms with Crippen molar-refractivity contribution in [2.24, 2.45) is 0 Å². The minimum absolute atomic E-state index is 0.0300. The summed E-state index contributed by atoms with van der Waals surface area (Å²) in [7, 11) is -1.11. The maximum atomic E-state index is 6.29. The van der Waals surface area contributed by atoms with Gasteiger partial charge in [-0.1, -0.05) is 119 Å². The zero-order valence-corrected chi connectivity index (χ0v) is 31.2. The Morgan fingerprint density at radius 1 is 0.511 bits per heavy atom. The van der Waals surface area contributed by atoms with Gasteiger partial charge in [0.25, 0.3) is 0 Å². The van der Waals surface area contributed by atoms with E-state index in [1.54, 1.807) is 0 Å². The summed E-state index contributed by atoms with van der Waals surface area (Å²) in [5.74, 6) is 2.90. The monoisotopic (exact) mass is 649 g/mol. The average molecular weight is 650 g/mol. The van der Waals surface area contributed by atoms with E-state index in [0.29, 0.717) is 5.75 Å². The highest BCUT2D eigenvalue weighted by atomic mass is 31.1. The minimum Gasteiger partial charge on any atom is -0.454 e. The van der Waals surface area contributed by atoms with E-state index in [0.717, 1.165) is 28.4 Å². The zero-order chi connectivity index (χ0) is 34.1. The highest BCUT2D eigenvalue weighted by Gasteiger charge is 2.34. The van der Waals surface area contributed by atoms with Crippen molar-refractivity contribution in [2.75, 3.05) is 13.6 Å². The van der Waals surface area contributed by atoms with Crippen molar-refractivity contribution in [3.63, 3.8) is 0 Å². The molecule has 0 N–H and O–H groups in total. The Morgan fingerprint density at radius 2 is 0.936 bits per heavy atom. The molecule has 0 aromatic heterocycles. The summed E-state index contributed by atoms with van der Waals surface area (Å²) >= 11 is 0. The van der Waals surface area contributed by atoms with Crippen LogP contribution in [0.3, 0.4) is 0 Å². The molecule has 0 amide bonds. The molecule has 4 aromatic carbocycles. The predicted octanol–water partition coefficient (Wildman–Crippen LogP) is 9.56. The second-order valence-electron chi connectivity index (χ2n) is 17.0. The van der Waals surface area contributed by atoms with E-state index in [1.807, 2.05) is 12.1 Å². The van der Waals surface area contributed by atoms with Gasteiger partial charge in [-0.2, -0.15) is 0 Å². The largest absolute Gasteiger partial charge is 0.454 e. The van der Waals surface area contributed by atoms with E-state index >= 15 is 0 Å². The Hall–Kier alpha value is -3.49. The van der Waals surface area contributed by atoms with E-state index in [1.165, 1.54) is 38.2 Å². The van der Waals surface area contributed by atoms with Crippen molar-refractivity contribution >= 4 is 23.8 Å². The summed E-state index contributed by atoms with van der Waals surface area (Å²) in [5, 5.41) is 3.81. The van der Waals surface area contributed by atoms with Crippen LogP contribution >= 0.6 is 7.92 Å². The van der Waals surface area contributed by atoms with Gasteiger partial charge in [0.1, 0.15) is 0 Å². The van der Waals surface area contributed by atoms with Gasteiger partial charge < -0.3 is 18.9 Å². The molecule has 0 saturated heterocycles. The first-order valence-electron chi connectivity index (χ1n) is 16.7. The number of rotatable bonds is 4. The van der Waals surface area contributed by atoms with Crippen LogP contribution in [0.4, 0.5) is 0 Å². The molecule has 2 aliphatic heterocycles. The Morgan fingerprint density at radius 3 is 1.38 bits per heavy atom. The number of hydrogen-bond donors (Lipinski definition) is 0. The molecular weight excluding hydrogens is 599 g/mol. The van der Waals surface area contributed by atoms with Crippen molar-refractivity contribution in [1.29, 1.82) is 0 Å². The smallest absolute Gasteiger partial charge is 0.231 e. The molecule has 4 nitrogen and oxygen atoms in total. The summed E-state index contributed by atoms with van der Waals surface area (Å²) in [6.45, 7) is 28.1. The molecule has 2 heterocycles. The molecule has 0 atom stereocenters. The number of fused-ring (bicyclic) bond motifs is 2. The Kier molecular flexibility index (Phi) is 8.24. The van der Waals surface area contributed by atoms with E-state index in [4.69, 9.17) is 18.9 Å². The first kappa shape index (κ1) is 33.4. The van der Waals surface area contributed by atoms with Crippen LogP contribution in [0.2, 0.25) is 0 Å². The molecule has 0 fully saturated rings. The second kappa shape index (κ2) is 11.6. The highest BCUT2D eigenvalue weighted by Crippen LogP contribution is 2.51. The average Bonchev–Trinajstić information content (AvgIpc) is 3.65. The van der Waals surface area contributed by atoms with E-state index in [9.17, 15) is 0 Å². The van der Waals surface area contributed by atoms with Crippen LogP contribution in [0.5, 0.6) is 23.0 Å². The lowest BCUT2D eigenvalue weighted by molar-refractivity contribution is 0.173. The second-order valence-corrected chi connectivity index (χ2v) is 19.2. The van der Waals surface area contributed by atoms with Crippen molar-refractivity contribution in [3.05, 3.63) is 89.0 Å². The first-order chi connectivity index (χ1) is 21.8. The van der Waals surface area contributed by atoms with Gasteiger partial charge in [-0.05, 0) is 98.1 Å². The maximum absolute atomic E-state index is 6.29. The standard InChI is InChI=1S/C42H50O4P/c1-39(2,3)26-18-27(40(4,5)6)21-30(20-26)47(31-22-28(41(7,8)9)19-29(23-31)42(10,11)12)35-17-16-34-38(46-25-44-34)36(35)32-14-13-15-33-37(32)45-24-43-33/h13,15-23H,24-25H2,1-12H3. The fourth-order valence-corrected chi connectivity index (χ4v) is 8.68. The van der Waals surface area contributed by atoms with Gasteiger partial charge in [0, 0.05) is 11.1 Å². The summed E-state index contributed by atoms with van der Waals surface area (Å²) < 4.78 is 24.2. The fourth-order valence-electron chi connectivity index (χ4n) is 6.09. The van der Waals surface area contributed by atoms with Gasteiger partial charge in [-0.15, -0.1) is 0 Å². The molecule has 2 aliphatic rings. The van der Waals surface area contributed by atoms with Gasteiger partial charge in [0.15, 0.2) is 23.0 Å². The fraction of sp³-hybridized carbons (Fsp3) is 0.429. The quantitative estimate of drug-likeness (QED) is 0.206. The van der Waals surface area contributed by atoms with Crippen LogP contribution in [0.25, 0.3) is 11.1 Å². The van der Waals surface area contributed by atoms with Crippen molar-refractivity contribution in [1.82, 2.24) is 0 Å². The molecule has 5 heteroatoms. The Balaban J connectivity index is 1.75. The molecule has 0 saturated carbocycles. The number of ether oxygens (including phenoxy) is 4. The first-order valence-corrected chi connectivity index (χ1v) is 18.0. The molecule has 247 valence electrons. The highest BCUT2D eigenvalue weighted by molar-refractivity contribution is 7.80. The third kappa shape index (κ3) is 6.51. The van der Waals surface area contributed by atoms with Crippen LogP contribution < -0.4 is 34.9 Å². The normalized spacial score (nSPS) is 14.7. The molecule has 4 aromatic rings. The SMILES string of the molecule is CC(C)(C)c1cc(P(c2cc(C(C)(C)C)cc(C(C)(C)C)c2)c2ccc3c(c2-c2[c]ccc4c2OCO4)OCO3)cc(C(C)(C)C)c1. The number of hydrogen-bond acceptors (Lipinski definition) is 4. The van der Waals surface area contributed by atoms with Crippen molar-refractivity contribution < 1.29 is 18.9 Å². The van der Waals surface area contributed by atoms with Gasteiger partial charge in [0.2, 0.25) is 13.6 Å². The molecule has 0 unspecified atom stereocenters. The van der Waals surface area contributed by atoms with Crippen LogP contribution in [0.1, 0.15) is 105 Å². The molecule has 1 radical (unpaired) electrons. The Bertz CT molecular complexity index is 1690. The van der Waals surface area contributed by atoms with E-state index in [-0.39, 0.29) is 35.2 Å². The summed E-state index contributed by atoms with van der Waals surface area (Å²) in [5.41, 5.74) is 7.03. The summed E-state index contributed by atoms with van der Waals surface area (Å²) in [6, 6.07) is 26.3. The third-order valence-electron chi connectivity index (χ3n) is 9.16. The van der Waals surface area contributed by atoms with Gasteiger partial charge in [-0.25, -0.2) is 0 Å². The van der Waals surface area contributed by atoms with Crippen molar-refractivity contribution in [2.45, 2.75) is 105 Å². The third-order valence-corrected chi connectivity index (χ3v) is 11.6. The van der Waals surface area contributed by atoms with E-state index < -0.39 is 7.92 Å². The molecular formula is C42H50O4P. The van der Waals surface area contributed by atoms with Crippen molar-refractivity contribution in [3.8, 4) is 34.1 Å². The zero-order valence-electron chi connectivity index (χ0n) is 30.3. The molecule has 6 rings (SSSR count). The number of benzene rings is 4. The summed E-state index contributed by atoms with van der Waals surface area (Å²) in [6.07, 6.45) is 0. The minimum atomic E-state index is -1.11. The Labute approximate surface area is 283 Å². The lowest BCUT2D eigenvalue weighted by atomic mass is 9.81. The van der Waals surface area contributed by atoms with Crippen LogP contribution in [-0.4, -0.2) is 13.6 Å². The topological polar surface area (TPSA) is 36.9 Å². The molecule has 0 bridgehead atoms. The van der Waals surface area contributed by atoms with Crippen LogP contribution in [0, 0.1) is 6.07 Å². The summed E-state index contributed by atoms with van der Waals surface area (Å²) in [4.78, 5) is 0. The van der Waals surface area contributed by atoms with E-state index in [2.05, 4.69) is 138 Å². The molecule has 0 spiro atoms.